The van der Waals surface area contributed by atoms with Crippen molar-refractivity contribution in [2.24, 2.45) is 0 Å². The quantitative estimate of drug-likeness (QED) is 0.508. The maximum absolute atomic E-state index is 12.0. The zero-order chi connectivity index (χ0) is 16.8. The van der Waals surface area contributed by atoms with Gasteiger partial charge in [-0.3, -0.25) is 14.9 Å². The molecule has 0 aromatic heterocycles. The maximum atomic E-state index is 12.0. The summed E-state index contributed by atoms with van der Waals surface area (Å²) in [5.74, 6) is -0.351. The summed E-state index contributed by atoms with van der Waals surface area (Å²) in [7, 11) is 0. The Labute approximate surface area is 138 Å². The lowest BCUT2D eigenvalue weighted by Gasteiger charge is -2.14. The minimum absolute atomic E-state index is 0.0456. The van der Waals surface area contributed by atoms with Crippen LogP contribution in [-0.4, -0.2) is 10.8 Å². The molecule has 0 saturated heterocycles. The minimum atomic E-state index is -0.482. The summed E-state index contributed by atoms with van der Waals surface area (Å²) in [5, 5.41) is 14.3. The van der Waals surface area contributed by atoms with E-state index in [4.69, 9.17) is 11.6 Å². The lowest BCUT2D eigenvalue weighted by Crippen LogP contribution is -2.24. The van der Waals surface area contributed by atoms with E-state index < -0.39 is 4.92 Å². The van der Waals surface area contributed by atoms with Crippen molar-refractivity contribution >= 4 is 29.3 Å². The fourth-order valence-corrected chi connectivity index (χ4v) is 2.43. The van der Waals surface area contributed by atoms with Crippen molar-refractivity contribution in [3.63, 3.8) is 0 Å². The molecule has 2 aromatic rings. The second kappa shape index (κ2) is 7.56. The molecular weight excluding hydrogens is 316 g/mol. The van der Waals surface area contributed by atoms with Crippen molar-refractivity contribution in [1.82, 2.24) is 5.32 Å². The number of nitro benzene ring substituents is 1. The number of amides is 1. The fourth-order valence-electron chi connectivity index (χ4n) is 2.13. The molecule has 1 unspecified atom stereocenters. The molecule has 2 rings (SSSR count). The van der Waals surface area contributed by atoms with Crippen LogP contribution in [0.5, 0.6) is 0 Å². The highest BCUT2D eigenvalue weighted by Crippen LogP contribution is 2.22. The Balaban J connectivity index is 2.08. The van der Waals surface area contributed by atoms with E-state index in [2.05, 4.69) is 5.32 Å². The molecule has 0 saturated carbocycles. The van der Waals surface area contributed by atoms with Crippen LogP contribution in [-0.2, 0) is 4.79 Å². The molecule has 1 N–H and O–H groups in total. The van der Waals surface area contributed by atoms with Gasteiger partial charge in [-0.1, -0.05) is 41.9 Å². The van der Waals surface area contributed by atoms with Crippen LogP contribution in [0.4, 0.5) is 5.69 Å². The van der Waals surface area contributed by atoms with E-state index in [1.165, 1.54) is 18.2 Å². The van der Waals surface area contributed by atoms with E-state index in [0.717, 1.165) is 5.56 Å². The number of hydrogen-bond acceptors (Lipinski definition) is 3. The summed E-state index contributed by atoms with van der Waals surface area (Å²) in [5.41, 5.74) is 1.13. The van der Waals surface area contributed by atoms with Gasteiger partial charge in [-0.15, -0.1) is 0 Å². The molecule has 0 radical (unpaired) electrons. The van der Waals surface area contributed by atoms with Crippen LogP contribution >= 0.6 is 11.6 Å². The van der Waals surface area contributed by atoms with Crippen molar-refractivity contribution in [3.8, 4) is 0 Å². The molecule has 2 aromatic carbocycles. The monoisotopic (exact) mass is 330 g/mol. The van der Waals surface area contributed by atoms with Crippen LogP contribution in [0, 0.1) is 10.1 Å². The summed E-state index contributed by atoms with van der Waals surface area (Å²) < 4.78 is 0. The number of benzene rings is 2. The highest BCUT2D eigenvalue weighted by molar-refractivity contribution is 6.31. The van der Waals surface area contributed by atoms with E-state index in [0.29, 0.717) is 10.6 Å². The number of carbonyl (C=O) groups excluding carboxylic acids is 1. The van der Waals surface area contributed by atoms with Crippen molar-refractivity contribution in [2.45, 2.75) is 13.0 Å². The van der Waals surface area contributed by atoms with E-state index in [9.17, 15) is 14.9 Å². The topological polar surface area (TPSA) is 72.2 Å². The number of halogens is 1. The van der Waals surface area contributed by atoms with E-state index in [1.54, 1.807) is 24.3 Å². The van der Waals surface area contributed by atoms with E-state index in [-0.39, 0.29) is 17.6 Å². The third-order valence-electron chi connectivity index (χ3n) is 3.28. The van der Waals surface area contributed by atoms with Gasteiger partial charge in [0.05, 0.1) is 16.5 Å². The van der Waals surface area contributed by atoms with E-state index >= 15 is 0 Å². The average Bonchev–Trinajstić information content (AvgIpc) is 2.53. The molecule has 118 valence electrons. The number of para-hydroxylation sites is 1. The van der Waals surface area contributed by atoms with Crippen LogP contribution in [0.2, 0.25) is 5.02 Å². The Kier molecular flexibility index (Phi) is 5.49. The fraction of sp³-hybridized carbons (Fsp3) is 0.118. The summed E-state index contributed by atoms with van der Waals surface area (Å²) >= 11 is 6.09. The summed E-state index contributed by atoms with van der Waals surface area (Å²) in [6, 6.07) is 13.2. The van der Waals surface area contributed by atoms with Crippen molar-refractivity contribution in [2.75, 3.05) is 0 Å². The van der Waals surface area contributed by atoms with Crippen molar-refractivity contribution in [3.05, 3.63) is 80.9 Å². The first kappa shape index (κ1) is 16.7. The lowest BCUT2D eigenvalue weighted by molar-refractivity contribution is -0.385. The third-order valence-corrected chi connectivity index (χ3v) is 3.62. The molecule has 0 fully saturated rings. The summed E-state index contributed by atoms with van der Waals surface area (Å²) in [4.78, 5) is 22.4. The molecular formula is C17H15ClN2O3. The van der Waals surface area contributed by atoms with Crippen LogP contribution < -0.4 is 5.32 Å². The highest BCUT2D eigenvalue weighted by Gasteiger charge is 2.12. The molecule has 1 atom stereocenters. The molecule has 0 aliphatic rings. The number of hydrogen-bond donors (Lipinski definition) is 1. The third kappa shape index (κ3) is 4.40. The Morgan fingerprint density at radius 3 is 2.57 bits per heavy atom. The Morgan fingerprint density at radius 2 is 1.87 bits per heavy atom. The molecule has 1 amide bonds. The van der Waals surface area contributed by atoms with Gasteiger partial charge in [-0.25, -0.2) is 0 Å². The van der Waals surface area contributed by atoms with Crippen LogP contribution in [0.1, 0.15) is 24.1 Å². The SMILES string of the molecule is CC(NC(=O)/C=C/c1ccccc1[N+](=O)[O-])c1ccccc1Cl. The molecule has 0 bridgehead atoms. The normalized spacial score (nSPS) is 12.1. The standard InChI is InChI=1S/C17H15ClN2O3/c1-12(14-7-3-4-8-15(14)18)19-17(21)11-10-13-6-2-5-9-16(13)20(22)23/h2-12H,1H3,(H,19,21)/b11-10+. The number of rotatable bonds is 5. The first-order valence-corrected chi connectivity index (χ1v) is 7.33. The van der Waals surface area contributed by atoms with Gasteiger partial charge in [-0.05, 0) is 30.7 Å². The van der Waals surface area contributed by atoms with E-state index in [1.807, 2.05) is 25.1 Å². The largest absolute Gasteiger partial charge is 0.346 e. The molecule has 0 aliphatic carbocycles. The number of carbonyl (C=O) groups is 1. The molecule has 6 heteroatoms. The predicted octanol–water partition coefficient (Wildman–Crippen LogP) is 4.14. The number of nitro groups is 1. The minimum Gasteiger partial charge on any atom is -0.346 e. The van der Waals surface area contributed by atoms with Crippen LogP contribution in [0.25, 0.3) is 6.08 Å². The van der Waals surface area contributed by atoms with Crippen molar-refractivity contribution in [1.29, 1.82) is 0 Å². The van der Waals surface area contributed by atoms with Gasteiger partial charge in [0.15, 0.2) is 0 Å². The Hall–Kier alpha value is -2.66. The Bertz CT molecular complexity index is 759. The highest BCUT2D eigenvalue weighted by atomic mass is 35.5. The van der Waals surface area contributed by atoms with Gasteiger partial charge in [0.2, 0.25) is 5.91 Å². The lowest BCUT2D eigenvalue weighted by atomic mass is 10.1. The summed E-state index contributed by atoms with van der Waals surface area (Å²) in [6.07, 6.45) is 2.70. The zero-order valence-electron chi connectivity index (χ0n) is 12.4. The van der Waals surface area contributed by atoms with Crippen molar-refractivity contribution < 1.29 is 9.72 Å². The second-order valence-corrected chi connectivity index (χ2v) is 5.31. The number of nitrogens with zero attached hydrogens (tertiary/aromatic N) is 1. The first-order valence-electron chi connectivity index (χ1n) is 6.95. The number of nitrogens with one attached hydrogen (secondary N) is 1. The van der Waals surface area contributed by atoms with Gasteiger partial charge < -0.3 is 5.32 Å². The average molecular weight is 331 g/mol. The maximum Gasteiger partial charge on any atom is 0.276 e. The van der Waals surface area contributed by atoms with Gasteiger partial charge in [-0.2, -0.15) is 0 Å². The van der Waals surface area contributed by atoms with Gasteiger partial charge >= 0.3 is 0 Å². The van der Waals surface area contributed by atoms with Gasteiger partial charge in [0.1, 0.15) is 0 Å². The second-order valence-electron chi connectivity index (χ2n) is 4.90. The summed E-state index contributed by atoms with van der Waals surface area (Å²) in [6.45, 7) is 1.82. The van der Waals surface area contributed by atoms with Gasteiger partial charge in [0.25, 0.3) is 5.69 Å². The molecule has 0 heterocycles. The first-order chi connectivity index (χ1) is 11.0. The smallest absolute Gasteiger partial charge is 0.276 e. The molecule has 0 aliphatic heterocycles. The predicted molar refractivity (Wildman–Crippen MR) is 90.1 cm³/mol. The van der Waals surface area contributed by atoms with Crippen LogP contribution in [0.3, 0.4) is 0 Å². The van der Waals surface area contributed by atoms with Gasteiger partial charge in [0, 0.05) is 17.2 Å². The van der Waals surface area contributed by atoms with Crippen LogP contribution in [0.15, 0.2) is 54.6 Å². The molecule has 23 heavy (non-hydrogen) atoms. The Morgan fingerprint density at radius 1 is 1.22 bits per heavy atom. The molecule has 0 spiro atoms. The zero-order valence-corrected chi connectivity index (χ0v) is 13.2. The molecule has 5 nitrogen and oxygen atoms in total.